The van der Waals surface area contributed by atoms with Gasteiger partial charge in [-0.25, -0.2) is 0 Å². The number of rotatable bonds is 0. The molecule has 2 bridgehead atoms. The van der Waals surface area contributed by atoms with E-state index in [1.807, 2.05) is 0 Å². The molecule has 1 fully saturated rings. The van der Waals surface area contributed by atoms with E-state index in [0.29, 0.717) is 5.41 Å². The van der Waals surface area contributed by atoms with E-state index in [4.69, 9.17) is 0 Å². The monoisotopic (exact) mass is 164 g/mol. The Morgan fingerprint density at radius 1 is 1.33 bits per heavy atom. The highest BCUT2D eigenvalue weighted by molar-refractivity contribution is 5.28. The number of hydrogen-bond acceptors (Lipinski definition) is 0. The number of allylic oxidation sites excluding steroid dienone is 2. The van der Waals surface area contributed by atoms with E-state index < -0.39 is 0 Å². The van der Waals surface area contributed by atoms with Crippen molar-refractivity contribution >= 4 is 0 Å². The molecule has 0 N–H and O–H groups in total. The quantitative estimate of drug-likeness (QED) is 0.478. The second-order valence-electron chi connectivity index (χ2n) is 5.10. The van der Waals surface area contributed by atoms with Gasteiger partial charge in [-0.05, 0) is 50.4 Å². The van der Waals surface area contributed by atoms with Gasteiger partial charge < -0.3 is 0 Å². The summed E-state index contributed by atoms with van der Waals surface area (Å²) < 4.78 is 0. The van der Waals surface area contributed by atoms with Crippen molar-refractivity contribution in [3.05, 3.63) is 11.1 Å². The van der Waals surface area contributed by atoms with E-state index in [0.717, 1.165) is 11.8 Å². The minimum Gasteiger partial charge on any atom is -0.0707 e. The fraction of sp³-hybridized carbons (Fsp3) is 0.833. The number of hydrogen-bond donors (Lipinski definition) is 0. The maximum Gasteiger partial charge on any atom is -0.00904 e. The predicted octanol–water partition coefficient (Wildman–Crippen LogP) is 3.78. The SMILES string of the molecule is CC1=C(C)C2(C)CCC1CC2C. The van der Waals surface area contributed by atoms with Gasteiger partial charge in [0.25, 0.3) is 0 Å². The molecule has 3 atom stereocenters. The number of fused-ring (bicyclic) bond motifs is 2. The molecule has 0 aromatic carbocycles. The lowest BCUT2D eigenvalue weighted by molar-refractivity contribution is 0.115. The molecule has 3 aliphatic carbocycles. The van der Waals surface area contributed by atoms with Crippen molar-refractivity contribution < 1.29 is 0 Å². The molecule has 0 aromatic heterocycles. The summed E-state index contributed by atoms with van der Waals surface area (Å²) in [4.78, 5) is 0. The first kappa shape index (κ1) is 8.34. The molecule has 1 saturated carbocycles. The molecular weight excluding hydrogens is 144 g/mol. The van der Waals surface area contributed by atoms with Crippen LogP contribution in [0.15, 0.2) is 11.1 Å². The highest BCUT2D eigenvalue weighted by atomic mass is 14.5. The Balaban J connectivity index is 2.47. The van der Waals surface area contributed by atoms with Gasteiger partial charge in [0.2, 0.25) is 0 Å². The molecule has 0 spiro atoms. The average molecular weight is 164 g/mol. The summed E-state index contributed by atoms with van der Waals surface area (Å²) in [6.07, 6.45) is 4.33. The largest absolute Gasteiger partial charge is 0.0707 e. The summed E-state index contributed by atoms with van der Waals surface area (Å²) in [5.74, 6) is 1.85. The molecule has 0 radical (unpaired) electrons. The Morgan fingerprint density at radius 2 is 2.00 bits per heavy atom. The fourth-order valence-corrected chi connectivity index (χ4v) is 3.23. The van der Waals surface area contributed by atoms with E-state index in [1.54, 1.807) is 11.1 Å². The molecular formula is C12H20. The van der Waals surface area contributed by atoms with E-state index >= 15 is 0 Å². The second kappa shape index (κ2) is 2.37. The van der Waals surface area contributed by atoms with Crippen LogP contribution in [0.2, 0.25) is 0 Å². The van der Waals surface area contributed by atoms with E-state index in [9.17, 15) is 0 Å². The molecule has 0 heteroatoms. The van der Waals surface area contributed by atoms with E-state index in [-0.39, 0.29) is 0 Å². The first-order valence-electron chi connectivity index (χ1n) is 5.23. The van der Waals surface area contributed by atoms with E-state index in [1.165, 1.54) is 19.3 Å². The van der Waals surface area contributed by atoms with Gasteiger partial charge in [0.05, 0.1) is 0 Å². The van der Waals surface area contributed by atoms with Crippen molar-refractivity contribution in [2.45, 2.75) is 47.0 Å². The van der Waals surface area contributed by atoms with Crippen LogP contribution in [0, 0.1) is 17.3 Å². The van der Waals surface area contributed by atoms with Crippen LogP contribution in [0.5, 0.6) is 0 Å². The Morgan fingerprint density at radius 3 is 2.50 bits per heavy atom. The highest BCUT2D eigenvalue weighted by Gasteiger charge is 2.44. The summed E-state index contributed by atoms with van der Waals surface area (Å²) >= 11 is 0. The van der Waals surface area contributed by atoms with Crippen LogP contribution in [-0.4, -0.2) is 0 Å². The predicted molar refractivity (Wildman–Crippen MR) is 53.0 cm³/mol. The molecule has 3 unspecified atom stereocenters. The summed E-state index contributed by atoms with van der Waals surface area (Å²) in [7, 11) is 0. The summed E-state index contributed by atoms with van der Waals surface area (Å²) in [6.45, 7) is 9.61. The Bertz CT molecular complexity index is 236. The van der Waals surface area contributed by atoms with Crippen molar-refractivity contribution in [3.63, 3.8) is 0 Å². The average Bonchev–Trinajstić information content (AvgIpc) is 2.04. The first-order valence-corrected chi connectivity index (χ1v) is 5.23. The van der Waals surface area contributed by atoms with Crippen LogP contribution in [0.3, 0.4) is 0 Å². The van der Waals surface area contributed by atoms with Gasteiger partial charge in [0.1, 0.15) is 0 Å². The zero-order chi connectivity index (χ0) is 8.93. The molecule has 0 amide bonds. The lowest BCUT2D eigenvalue weighted by Gasteiger charge is -2.50. The van der Waals surface area contributed by atoms with Gasteiger partial charge in [-0.3, -0.25) is 0 Å². The lowest BCUT2D eigenvalue weighted by atomic mass is 9.54. The van der Waals surface area contributed by atoms with Crippen molar-refractivity contribution in [1.82, 2.24) is 0 Å². The normalized spacial score (nSPS) is 47.0. The summed E-state index contributed by atoms with van der Waals surface area (Å²) in [5.41, 5.74) is 3.97. The van der Waals surface area contributed by atoms with Gasteiger partial charge in [-0.1, -0.05) is 25.0 Å². The smallest absolute Gasteiger partial charge is 0.00904 e. The Labute approximate surface area is 76.1 Å². The molecule has 3 rings (SSSR count). The molecule has 0 saturated heterocycles. The van der Waals surface area contributed by atoms with Gasteiger partial charge >= 0.3 is 0 Å². The van der Waals surface area contributed by atoms with Gasteiger partial charge in [0, 0.05) is 0 Å². The van der Waals surface area contributed by atoms with Crippen molar-refractivity contribution in [3.8, 4) is 0 Å². The minimum atomic E-state index is 0.554. The van der Waals surface area contributed by atoms with Crippen LogP contribution in [-0.2, 0) is 0 Å². The van der Waals surface area contributed by atoms with Crippen molar-refractivity contribution in [1.29, 1.82) is 0 Å². The van der Waals surface area contributed by atoms with Crippen molar-refractivity contribution in [2.75, 3.05) is 0 Å². The van der Waals surface area contributed by atoms with E-state index in [2.05, 4.69) is 27.7 Å². The third-order valence-corrected chi connectivity index (χ3v) is 4.80. The van der Waals surface area contributed by atoms with Crippen LogP contribution in [0.4, 0.5) is 0 Å². The molecule has 3 aliphatic rings. The van der Waals surface area contributed by atoms with Crippen LogP contribution < -0.4 is 0 Å². The summed E-state index contributed by atoms with van der Waals surface area (Å²) in [5, 5.41) is 0. The van der Waals surface area contributed by atoms with Crippen molar-refractivity contribution in [2.24, 2.45) is 17.3 Å². The zero-order valence-electron chi connectivity index (χ0n) is 8.78. The van der Waals surface area contributed by atoms with Gasteiger partial charge in [-0.15, -0.1) is 0 Å². The van der Waals surface area contributed by atoms with Crippen LogP contribution >= 0.6 is 0 Å². The Kier molecular flexibility index (Phi) is 1.65. The molecule has 0 heterocycles. The lowest BCUT2D eigenvalue weighted by Crippen LogP contribution is -2.39. The second-order valence-corrected chi connectivity index (χ2v) is 5.10. The maximum atomic E-state index is 2.46. The Hall–Kier alpha value is -0.260. The molecule has 68 valence electrons. The topological polar surface area (TPSA) is 0 Å². The molecule has 12 heavy (non-hydrogen) atoms. The van der Waals surface area contributed by atoms with Gasteiger partial charge in [-0.2, -0.15) is 0 Å². The first-order chi connectivity index (χ1) is 5.55. The molecule has 0 aromatic rings. The molecule has 0 aliphatic heterocycles. The molecule has 0 nitrogen and oxygen atoms in total. The van der Waals surface area contributed by atoms with Crippen LogP contribution in [0.1, 0.15) is 47.0 Å². The van der Waals surface area contributed by atoms with Gasteiger partial charge in [0.15, 0.2) is 0 Å². The maximum absolute atomic E-state index is 2.46. The zero-order valence-corrected chi connectivity index (χ0v) is 8.78. The minimum absolute atomic E-state index is 0.554. The van der Waals surface area contributed by atoms with Crippen LogP contribution in [0.25, 0.3) is 0 Å². The standard InChI is InChI=1S/C12H20/c1-8-7-11-5-6-12(8,4)10(3)9(11)2/h8,11H,5-7H2,1-4H3. The highest BCUT2D eigenvalue weighted by Crippen LogP contribution is 2.55. The third-order valence-electron chi connectivity index (χ3n) is 4.80. The third kappa shape index (κ3) is 0.841. The summed E-state index contributed by atoms with van der Waals surface area (Å²) in [6, 6.07) is 0. The fourth-order valence-electron chi connectivity index (χ4n) is 3.23.